The van der Waals surface area contributed by atoms with Crippen LogP contribution in [0.3, 0.4) is 0 Å². The van der Waals surface area contributed by atoms with Gasteiger partial charge in [-0.1, -0.05) is 0 Å². The van der Waals surface area contributed by atoms with Gasteiger partial charge in [0.15, 0.2) is 15.6 Å². The van der Waals surface area contributed by atoms with Crippen LogP contribution in [0.25, 0.3) is 0 Å². The van der Waals surface area contributed by atoms with E-state index < -0.39 is 27.2 Å². The molecule has 0 aliphatic rings. The third-order valence-electron chi connectivity index (χ3n) is 1.72. The van der Waals surface area contributed by atoms with Crippen LogP contribution in [-0.4, -0.2) is 26.2 Å². The maximum absolute atomic E-state index is 12.9. The number of ketones is 1. The molecule has 0 heterocycles. The average molecular weight is 231 g/mol. The fourth-order valence-corrected chi connectivity index (χ4v) is 1.66. The largest absolute Gasteiger partial charge is 0.396 e. The van der Waals surface area contributed by atoms with Crippen molar-refractivity contribution >= 4 is 21.3 Å². The molecule has 0 saturated carbocycles. The number of halogens is 1. The minimum absolute atomic E-state index is 0.00660. The second kappa shape index (κ2) is 3.98. The first-order valence-corrected chi connectivity index (χ1v) is 6.11. The van der Waals surface area contributed by atoms with Crippen LogP contribution in [0.1, 0.15) is 10.4 Å². The lowest BCUT2D eigenvalue weighted by atomic mass is 10.1. The van der Waals surface area contributed by atoms with Crippen molar-refractivity contribution in [2.45, 2.75) is 0 Å². The molecule has 0 bridgehead atoms. The smallest absolute Gasteiger partial charge is 0.177 e. The third-order valence-corrected chi connectivity index (χ3v) is 2.50. The van der Waals surface area contributed by atoms with Crippen LogP contribution >= 0.6 is 0 Å². The maximum Gasteiger partial charge on any atom is 0.177 e. The van der Waals surface area contributed by atoms with Gasteiger partial charge in [-0.3, -0.25) is 4.79 Å². The maximum atomic E-state index is 12.9. The van der Waals surface area contributed by atoms with Crippen molar-refractivity contribution in [3.05, 3.63) is 29.6 Å². The van der Waals surface area contributed by atoms with Gasteiger partial charge in [-0.05, 0) is 18.2 Å². The lowest BCUT2D eigenvalue weighted by Gasteiger charge is -2.01. The Morgan fingerprint density at radius 2 is 2.07 bits per heavy atom. The van der Waals surface area contributed by atoms with Gasteiger partial charge in [-0.15, -0.1) is 0 Å². The van der Waals surface area contributed by atoms with Crippen LogP contribution in [0.2, 0.25) is 0 Å². The van der Waals surface area contributed by atoms with Gasteiger partial charge in [0.25, 0.3) is 0 Å². The summed E-state index contributed by atoms with van der Waals surface area (Å²) in [5.41, 5.74) is 5.14. The molecule has 0 spiro atoms. The van der Waals surface area contributed by atoms with Gasteiger partial charge < -0.3 is 5.73 Å². The average Bonchev–Trinajstić information content (AvgIpc) is 2.06. The molecular weight excluding hydrogens is 221 g/mol. The van der Waals surface area contributed by atoms with Gasteiger partial charge >= 0.3 is 0 Å². The summed E-state index contributed by atoms with van der Waals surface area (Å²) in [6, 6.07) is 3.46. The topological polar surface area (TPSA) is 77.2 Å². The van der Waals surface area contributed by atoms with Crippen molar-refractivity contribution in [2.75, 3.05) is 17.7 Å². The molecule has 6 heteroatoms. The zero-order valence-corrected chi connectivity index (χ0v) is 8.84. The highest BCUT2D eigenvalue weighted by molar-refractivity contribution is 7.91. The molecular formula is C9H10FNO3S. The number of Topliss-reactive ketones (excluding diaryl/α,β-unsaturated/α-hetero) is 1. The summed E-state index contributed by atoms with van der Waals surface area (Å²) in [7, 11) is -3.40. The SMILES string of the molecule is CS(=O)(=O)CC(=O)c1ccc(N)c(F)c1. The number of hydrogen-bond acceptors (Lipinski definition) is 4. The van der Waals surface area contributed by atoms with Crippen LogP contribution < -0.4 is 5.73 Å². The van der Waals surface area contributed by atoms with E-state index in [0.29, 0.717) is 0 Å². The van der Waals surface area contributed by atoms with Crippen LogP contribution in [-0.2, 0) is 9.84 Å². The fourth-order valence-electron chi connectivity index (χ4n) is 1.02. The minimum atomic E-state index is -3.40. The molecule has 0 aliphatic heterocycles. The molecule has 1 rings (SSSR count). The summed E-state index contributed by atoms with van der Waals surface area (Å²) in [6.07, 6.45) is 0.943. The molecule has 4 nitrogen and oxygen atoms in total. The summed E-state index contributed by atoms with van der Waals surface area (Å²) < 4.78 is 34.6. The molecule has 0 saturated heterocycles. The normalized spacial score (nSPS) is 11.3. The lowest BCUT2D eigenvalue weighted by molar-refractivity contribution is 0.102. The van der Waals surface area contributed by atoms with Gasteiger partial charge in [0, 0.05) is 11.8 Å². The molecule has 0 radical (unpaired) electrons. The Kier molecular flexibility index (Phi) is 3.09. The Hall–Kier alpha value is -1.43. The predicted octanol–water partition coefficient (Wildman–Crippen LogP) is 0.635. The summed E-state index contributed by atoms with van der Waals surface area (Å²) in [5, 5.41) is 0. The van der Waals surface area contributed by atoms with Crippen molar-refractivity contribution in [3.63, 3.8) is 0 Å². The monoisotopic (exact) mass is 231 g/mol. The van der Waals surface area contributed by atoms with E-state index in [1.165, 1.54) is 12.1 Å². The molecule has 1 aromatic carbocycles. The lowest BCUT2D eigenvalue weighted by Crippen LogP contribution is -2.14. The van der Waals surface area contributed by atoms with E-state index in [1.807, 2.05) is 0 Å². The number of carbonyl (C=O) groups excluding carboxylic acids is 1. The molecule has 0 unspecified atom stereocenters. The summed E-state index contributed by atoms with van der Waals surface area (Å²) in [4.78, 5) is 11.3. The highest BCUT2D eigenvalue weighted by Crippen LogP contribution is 2.12. The Labute approximate surface area is 86.8 Å². The third kappa shape index (κ3) is 3.32. The van der Waals surface area contributed by atoms with Crippen molar-refractivity contribution in [1.82, 2.24) is 0 Å². The number of sulfone groups is 1. The van der Waals surface area contributed by atoms with Gasteiger partial charge in [-0.2, -0.15) is 0 Å². The molecule has 15 heavy (non-hydrogen) atoms. The zero-order valence-electron chi connectivity index (χ0n) is 8.03. The molecule has 0 amide bonds. The number of hydrogen-bond donors (Lipinski definition) is 1. The number of nitrogen functional groups attached to an aromatic ring is 1. The molecule has 0 aliphatic carbocycles. The molecule has 2 N–H and O–H groups in total. The van der Waals surface area contributed by atoms with Crippen LogP contribution in [0, 0.1) is 5.82 Å². The van der Waals surface area contributed by atoms with Crippen LogP contribution in [0.15, 0.2) is 18.2 Å². The van der Waals surface area contributed by atoms with E-state index in [9.17, 15) is 17.6 Å². The number of nitrogens with two attached hydrogens (primary N) is 1. The quantitative estimate of drug-likeness (QED) is 0.611. The van der Waals surface area contributed by atoms with E-state index in [4.69, 9.17) is 5.73 Å². The second-order valence-corrected chi connectivity index (χ2v) is 5.37. The van der Waals surface area contributed by atoms with Crippen LogP contribution in [0.4, 0.5) is 10.1 Å². The van der Waals surface area contributed by atoms with Crippen molar-refractivity contribution in [3.8, 4) is 0 Å². The van der Waals surface area contributed by atoms with E-state index in [-0.39, 0.29) is 11.3 Å². The first kappa shape index (κ1) is 11.6. The van der Waals surface area contributed by atoms with Gasteiger partial charge in [0.1, 0.15) is 11.6 Å². The standard InChI is InChI=1S/C9H10FNO3S/c1-15(13,14)5-9(12)6-2-3-8(11)7(10)4-6/h2-4H,5,11H2,1H3. The zero-order chi connectivity index (χ0) is 11.6. The summed E-state index contributed by atoms with van der Waals surface area (Å²) in [6.45, 7) is 0. The first-order valence-electron chi connectivity index (χ1n) is 4.05. The van der Waals surface area contributed by atoms with Crippen LogP contribution in [0.5, 0.6) is 0 Å². The molecule has 1 aromatic rings. The Bertz CT molecular complexity index is 496. The number of benzene rings is 1. The molecule has 0 atom stereocenters. The second-order valence-electron chi connectivity index (χ2n) is 3.23. The molecule has 0 fully saturated rings. The summed E-state index contributed by atoms with van der Waals surface area (Å²) >= 11 is 0. The van der Waals surface area contributed by atoms with Gasteiger partial charge in [-0.25, -0.2) is 12.8 Å². The summed E-state index contributed by atoms with van der Waals surface area (Å²) in [5.74, 6) is -2.00. The number of rotatable bonds is 3. The highest BCUT2D eigenvalue weighted by atomic mass is 32.2. The number of anilines is 1. The fraction of sp³-hybridized carbons (Fsp3) is 0.222. The Morgan fingerprint density at radius 1 is 1.47 bits per heavy atom. The van der Waals surface area contributed by atoms with E-state index in [0.717, 1.165) is 12.3 Å². The minimum Gasteiger partial charge on any atom is -0.396 e. The van der Waals surface area contributed by atoms with Gasteiger partial charge in [0.05, 0.1) is 5.69 Å². The van der Waals surface area contributed by atoms with E-state index >= 15 is 0 Å². The first-order chi connectivity index (χ1) is 6.79. The Morgan fingerprint density at radius 3 is 2.53 bits per heavy atom. The van der Waals surface area contributed by atoms with Crippen molar-refractivity contribution in [1.29, 1.82) is 0 Å². The van der Waals surface area contributed by atoms with E-state index in [2.05, 4.69) is 0 Å². The van der Waals surface area contributed by atoms with Gasteiger partial charge in [0.2, 0.25) is 0 Å². The van der Waals surface area contributed by atoms with Crippen molar-refractivity contribution < 1.29 is 17.6 Å². The highest BCUT2D eigenvalue weighted by Gasteiger charge is 2.14. The molecule has 82 valence electrons. The predicted molar refractivity (Wildman–Crippen MR) is 54.9 cm³/mol. The molecule has 0 aromatic heterocycles. The number of carbonyl (C=O) groups is 1. The van der Waals surface area contributed by atoms with E-state index in [1.54, 1.807) is 0 Å². The Balaban J connectivity index is 2.98. The van der Waals surface area contributed by atoms with Crippen molar-refractivity contribution in [2.24, 2.45) is 0 Å².